The van der Waals surface area contributed by atoms with Gasteiger partial charge in [-0.05, 0) is 30.7 Å². The molecule has 0 saturated heterocycles. The van der Waals surface area contributed by atoms with E-state index >= 15 is 0 Å². The minimum atomic E-state index is -3.64. The molecule has 6 nitrogen and oxygen atoms in total. The third kappa shape index (κ3) is 2.30. The minimum Gasteiger partial charge on any atom is -0.398 e. The molecule has 1 heterocycles. The van der Waals surface area contributed by atoms with Crippen molar-refractivity contribution < 1.29 is 8.42 Å². The molecular formula is C11H14N4O2S. The highest BCUT2D eigenvalue weighted by Gasteiger charge is 2.18. The molecule has 0 saturated carbocycles. The number of nitrogens with zero attached hydrogens (tertiary/aromatic N) is 2. The lowest BCUT2D eigenvalue weighted by molar-refractivity contribution is 0.582. The summed E-state index contributed by atoms with van der Waals surface area (Å²) in [7, 11) is -2.07. The zero-order chi connectivity index (χ0) is 13.3. The van der Waals surface area contributed by atoms with Gasteiger partial charge in [-0.1, -0.05) is 6.07 Å². The van der Waals surface area contributed by atoms with Gasteiger partial charge in [0.15, 0.2) is 5.03 Å². The van der Waals surface area contributed by atoms with Crippen molar-refractivity contribution >= 4 is 21.4 Å². The molecule has 0 aliphatic heterocycles. The summed E-state index contributed by atoms with van der Waals surface area (Å²) < 4.78 is 27.9. The summed E-state index contributed by atoms with van der Waals surface area (Å²) in [5, 5.41) is 3.93. The Bertz CT molecular complexity index is 676. The van der Waals surface area contributed by atoms with E-state index in [-0.39, 0.29) is 5.03 Å². The summed E-state index contributed by atoms with van der Waals surface area (Å²) in [5.41, 5.74) is 7.61. The number of anilines is 2. The van der Waals surface area contributed by atoms with Gasteiger partial charge in [0.1, 0.15) is 0 Å². The van der Waals surface area contributed by atoms with Crippen LogP contribution in [-0.2, 0) is 17.1 Å². The molecule has 7 heteroatoms. The maximum atomic E-state index is 12.1. The van der Waals surface area contributed by atoms with E-state index in [1.165, 1.54) is 16.9 Å². The van der Waals surface area contributed by atoms with Crippen molar-refractivity contribution in [3.05, 3.63) is 36.0 Å². The van der Waals surface area contributed by atoms with E-state index in [9.17, 15) is 8.42 Å². The van der Waals surface area contributed by atoms with E-state index < -0.39 is 10.0 Å². The first-order valence-electron chi connectivity index (χ1n) is 5.27. The van der Waals surface area contributed by atoms with E-state index in [1.807, 2.05) is 6.92 Å². The van der Waals surface area contributed by atoms with Crippen molar-refractivity contribution in [2.24, 2.45) is 7.05 Å². The van der Waals surface area contributed by atoms with Crippen LogP contribution in [0.15, 0.2) is 35.5 Å². The first kappa shape index (κ1) is 12.4. The van der Waals surface area contributed by atoms with E-state index in [4.69, 9.17) is 5.73 Å². The Kier molecular flexibility index (Phi) is 3.00. The molecule has 0 atom stereocenters. The predicted octanol–water partition coefficient (Wildman–Crippen LogP) is 1.11. The second kappa shape index (κ2) is 4.34. The smallest absolute Gasteiger partial charge is 0.279 e. The molecule has 0 unspecified atom stereocenters. The third-order valence-electron chi connectivity index (χ3n) is 2.58. The predicted molar refractivity (Wildman–Crippen MR) is 69.6 cm³/mol. The van der Waals surface area contributed by atoms with Crippen LogP contribution in [0.5, 0.6) is 0 Å². The lowest BCUT2D eigenvalue weighted by Crippen LogP contribution is -2.16. The van der Waals surface area contributed by atoms with Crippen LogP contribution in [0.2, 0.25) is 0 Å². The fourth-order valence-electron chi connectivity index (χ4n) is 1.54. The fourth-order valence-corrected chi connectivity index (χ4v) is 2.71. The molecule has 2 rings (SSSR count). The number of nitrogens with one attached hydrogen (secondary N) is 1. The molecule has 0 amide bonds. The highest BCUT2D eigenvalue weighted by Crippen LogP contribution is 2.20. The minimum absolute atomic E-state index is 0.0987. The van der Waals surface area contributed by atoms with Crippen LogP contribution in [-0.4, -0.2) is 18.2 Å². The van der Waals surface area contributed by atoms with Crippen LogP contribution < -0.4 is 10.5 Å². The Balaban J connectivity index is 2.34. The number of rotatable bonds is 3. The molecule has 0 aliphatic rings. The summed E-state index contributed by atoms with van der Waals surface area (Å²) in [5.74, 6) is 0. The molecule has 18 heavy (non-hydrogen) atoms. The van der Waals surface area contributed by atoms with Gasteiger partial charge in [0, 0.05) is 12.7 Å². The number of aromatic nitrogens is 2. The van der Waals surface area contributed by atoms with Gasteiger partial charge in [0.25, 0.3) is 10.0 Å². The number of hydrogen-bond acceptors (Lipinski definition) is 4. The van der Waals surface area contributed by atoms with Gasteiger partial charge < -0.3 is 5.73 Å². The Morgan fingerprint density at radius 1 is 1.33 bits per heavy atom. The zero-order valence-electron chi connectivity index (χ0n) is 10.1. The van der Waals surface area contributed by atoms with Gasteiger partial charge in [-0.15, -0.1) is 0 Å². The number of aryl methyl sites for hydroxylation is 2. The number of nitrogens with two attached hydrogens (primary N) is 1. The summed E-state index contributed by atoms with van der Waals surface area (Å²) in [6.45, 7) is 1.86. The van der Waals surface area contributed by atoms with Crippen molar-refractivity contribution in [1.29, 1.82) is 0 Å². The van der Waals surface area contributed by atoms with Crippen LogP contribution >= 0.6 is 0 Å². The number of sulfonamides is 1. The molecule has 0 spiro atoms. The van der Waals surface area contributed by atoms with E-state index in [0.29, 0.717) is 11.4 Å². The Morgan fingerprint density at radius 2 is 2.06 bits per heavy atom. The van der Waals surface area contributed by atoms with E-state index in [0.717, 1.165) is 5.56 Å². The van der Waals surface area contributed by atoms with E-state index in [2.05, 4.69) is 9.82 Å². The maximum absolute atomic E-state index is 12.1. The Labute approximate surface area is 105 Å². The number of nitrogen functional groups attached to an aromatic ring is 1. The second-order valence-corrected chi connectivity index (χ2v) is 5.60. The van der Waals surface area contributed by atoms with Crippen LogP contribution in [0, 0.1) is 6.92 Å². The van der Waals surface area contributed by atoms with Gasteiger partial charge in [-0.2, -0.15) is 13.5 Å². The second-order valence-electron chi connectivity index (χ2n) is 3.97. The zero-order valence-corrected chi connectivity index (χ0v) is 10.9. The molecule has 0 fully saturated rings. The lowest BCUT2D eigenvalue weighted by Gasteiger charge is -2.09. The molecule has 96 valence electrons. The molecule has 3 N–H and O–H groups in total. The number of hydrogen-bond donors (Lipinski definition) is 2. The molecule has 0 bridgehead atoms. The monoisotopic (exact) mass is 266 g/mol. The van der Waals surface area contributed by atoms with Gasteiger partial charge in [0.05, 0.1) is 11.9 Å². The molecule has 1 aromatic heterocycles. The summed E-state index contributed by atoms with van der Waals surface area (Å²) in [6.07, 6.45) is 1.43. The van der Waals surface area contributed by atoms with Crippen LogP contribution in [0.1, 0.15) is 5.56 Å². The lowest BCUT2D eigenvalue weighted by atomic mass is 10.2. The third-order valence-corrected chi connectivity index (χ3v) is 4.04. The number of benzene rings is 1. The molecule has 2 aromatic rings. The van der Waals surface area contributed by atoms with Crippen LogP contribution in [0.25, 0.3) is 0 Å². The van der Waals surface area contributed by atoms with Gasteiger partial charge in [0.2, 0.25) is 0 Å². The average molecular weight is 266 g/mol. The van der Waals surface area contributed by atoms with Crippen molar-refractivity contribution in [3.8, 4) is 0 Å². The topological polar surface area (TPSA) is 90.0 Å². The van der Waals surface area contributed by atoms with Gasteiger partial charge >= 0.3 is 0 Å². The average Bonchev–Trinajstić information content (AvgIpc) is 2.70. The summed E-state index contributed by atoms with van der Waals surface area (Å²) >= 11 is 0. The van der Waals surface area contributed by atoms with Crippen molar-refractivity contribution in [3.63, 3.8) is 0 Å². The first-order valence-corrected chi connectivity index (χ1v) is 6.75. The molecule has 0 radical (unpaired) electrons. The quantitative estimate of drug-likeness (QED) is 0.814. The molecule has 0 aliphatic carbocycles. The molecular weight excluding hydrogens is 252 g/mol. The SMILES string of the molecule is Cc1ccc(NS(=O)(=O)c2ccnn2C)cc1N. The fraction of sp³-hybridized carbons (Fsp3) is 0.182. The van der Waals surface area contributed by atoms with E-state index in [1.54, 1.807) is 25.2 Å². The highest BCUT2D eigenvalue weighted by atomic mass is 32.2. The summed E-state index contributed by atoms with van der Waals surface area (Å²) in [6, 6.07) is 6.44. The van der Waals surface area contributed by atoms with Crippen LogP contribution in [0.3, 0.4) is 0 Å². The summed E-state index contributed by atoms with van der Waals surface area (Å²) in [4.78, 5) is 0. The standard InChI is InChI=1S/C11H14N4O2S/c1-8-3-4-9(7-10(8)12)14-18(16,17)11-5-6-13-15(11)2/h3-7,14H,12H2,1-2H3. The van der Waals surface area contributed by atoms with Crippen LogP contribution in [0.4, 0.5) is 11.4 Å². The largest absolute Gasteiger partial charge is 0.398 e. The Hall–Kier alpha value is -2.02. The normalized spacial score (nSPS) is 11.4. The first-order chi connectivity index (χ1) is 8.40. The highest BCUT2D eigenvalue weighted by molar-refractivity contribution is 7.92. The van der Waals surface area contributed by atoms with Gasteiger partial charge in [-0.25, -0.2) is 0 Å². The van der Waals surface area contributed by atoms with Crippen molar-refractivity contribution in [1.82, 2.24) is 9.78 Å². The maximum Gasteiger partial charge on any atom is 0.279 e. The van der Waals surface area contributed by atoms with Crippen molar-refractivity contribution in [2.75, 3.05) is 10.5 Å². The molecule has 1 aromatic carbocycles. The van der Waals surface area contributed by atoms with Crippen molar-refractivity contribution in [2.45, 2.75) is 11.9 Å². The van der Waals surface area contributed by atoms with Gasteiger partial charge in [-0.3, -0.25) is 9.40 Å². The Morgan fingerprint density at radius 3 is 2.61 bits per heavy atom.